The van der Waals surface area contributed by atoms with Crippen LogP contribution in [0.2, 0.25) is 0 Å². The lowest BCUT2D eigenvalue weighted by Crippen LogP contribution is -2.54. The number of carboxylic acids is 1. The van der Waals surface area contributed by atoms with E-state index in [1.54, 1.807) is 37.4 Å². The molecular formula is C20H38BN2O7S. The van der Waals surface area contributed by atoms with Crippen LogP contribution >= 0.6 is 11.8 Å². The van der Waals surface area contributed by atoms with E-state index in [1.807, 2.05) is 33.3 Å². The average molecular weight is 461 g/mol. The summed E-state index contributed by atoms with van der Waals surface area (Å²) in [4.78, 5) is 36.1. The average Bonchev–Trinajstić information content (AvgIpc) is 2.41. The van der Waals surface area contributed by atoms with Gasteiger partial charge in [0.15, 0.2) is 0 Å². The number of carbonyl (C=O) groups excluding carboxylic acids is 2. The zero-order valence-electron chi connectivity index (χ0n) is 20.0. The van der Waals surface area contributed by atoms with Crippen molar-refractivity contribution in [1.82, 2.24) is 9.80 Å². The molecule has 2 saturated heterocycles. The van der Waals surface area contributed by atoms with E-state index >= 15 is 0 Å². The van der Waals surface area contributed by atoms with E-state index in [9.17, 15) is 14.4 Å². The summed E-state index contributed by atoms with van der Waals surface area (Å²) in [5.74, 6) is -1.04. The van der Waals surface area contributed by atoms with Gasteiger partial charge >= 0.3 is 18.2 Å². The smallest absolute Gasteiger partial charge is 0.410 e. The number of hydrogen-bond acceptors (Lipinski definition) is 7. The highest BCUT2D eigenvalue weighted by atomic mass is 32.2. The molecule has 11 heteroatoms. The summed E-state index contributed by atoms with van der Waals surface area (Å²) in [5, 5.41) is 17.3. The first-order valence-electron chi connectivity index (χ1n) is 9.83. The van der Waals surface area contributed by atoms with Gasteiger partial charge in [-0.25, -0.2) is 9.59 Å². The Hall–Kier alpha value is -1.62. The number of amides is 2. The molecule has 179 valence electrons. The van der Waals surface area contributed by atoms with Gasteiger partial charge in [0, 0.05) is 47.1 Å². The van der Waals surface area contributed by atoms with Crippen LogP contribution in [-0.4, -0.2) is 103 Å². The van der Waals surface area contributed by atoms with Crippen LogP contribution in [0.25, 0.3) is 0 Å². The van der Waals surface area contributed by atoms with Crippen molar-refractivity contribution in [2.45, 2.75) is 52.7 Å². The van der Waals surface area contributed by atoms with Gasteiger partial charge < -0.3 is 29.5 Å². The SMILES string of the molecule is CC(C)(C)OC(=O)N1CC(C(=O)O)C1.CC(C)(C)OC(=O)N1CC(CO)C1.CSC.[B]. The number of ether oxygens (including phenoxy) is 2. The molecule has 2 N–H and O–H groups in total. The topological polar surface area (TPSA) is 117 Å². The van der Waals surface area contributed by atoms with Crippen LogP contribution in [0.4, 0.5) is 9.59 Å². The predicted molar refractivity (Wildman–Crippen MR) is 123 cm³/mol. The molecule has 0 aromatic rings. The number of carboxylic acid groups (broad SMARTS) is 1. The third-order valence-corrected chi connectivity index (χ3v) is 3.75. The highest BCUT2D eigenvalue weighted by Crippen LogP contribution is 2.20. The molecule has 0 spiro atoms. The summed E-state index contributed by atoms with van der Waals surface area (Å²) >= 11 is 1.75. The second kappa shape index (κ2) is 13.7. The number of aliphatic carboxylic acids is 1. The van der Waals surface area contributed by atoms with Gasteiger partial charge in [-0.2, -0.15) is 11.8 Å². The summed E-state index contributed by atoms with van der Waals surface area (Å²) in [6, 6.07) is 0. The Morgan fingerprint density at radius 3 is 1.45 bits per heavy atom. The first-order valence-corrected chi connectivity index (χ1v) is 11.5. The van der Waals surface area contributed by atoms with Crippen molar-refractivity contribution in [2.24, 2.45) is 11.8 Å². The summed E-state index contributed by atoms with van der Waals surface area (Å²) in [7, 11) is 0. The second-order valence-electron chi connectivity index (χ2n) is 9.26. The number of likely N-dealkylation sites (tertiary alicyclic amines) is 2. The van der Waals surface area contributed by atoms with Crippen LogP contribution in [0.5, 0.6) is 0 Å². The molecule has 0 atom stereocenters. The summed E-state index contributed by atoms with van der Waals surface area (Å²) < 4.78 is 10.2. The van der Waals surface area contributed by atoms with E-state index in [0.29, 0.717) is 13.1 Å². The second-order valence-corrected chi connectivity index (χ2v) is 10.1. The van der Waals surface area contributed by atoms with Crippen LogP contribution in [0.15, 0.2) is 0 Å². The Bertz CT molecular complexity index is 567. The lowest BCUT2D eigenvalue weighted by atomic mass is 10.0. The minimum Gasteiger partial charge on any atom is -0.481 e. The van der Waals surface area contributed by atoms with Crippen molar-refractivity contribution in [2.75, 3.05) is 45.3 Å². The third-order valence-electron chi connectivity index (χ3n) is 3.75. The molecule has 2 aliphatic heterocycles. The standard InChI is InChI=1S/C9H15NO4.C9H17NO3.C2H6S.B/c1-9(2,3)14-8(13)10-4-6(5-10)7(11)12;1-9(2,3)13-8(12)10-4-7(5-10)6-11;1-3-2;/h6H,4-5H2,1-3H3,(H,11,12);7,11H,4-6H2,1-3H3;1-2H3;. The number of hydrogen-bond donors (Lipinski definition) is 2. The van der Waals surface area contributed by atoms with E-state index in [2.05, 4.69) is 0 Å². The Kier molecular flexibility index (Phi) is 14.0. The number of rotatable bonds is 2. The zero-order chi connectivity index (χ0) is 23.7. The molecule has 0 saturated carbocycles. The molecule has 2 heterocycles. The number of nitrogens with zero attached hydrogens (tertiary/aromatic N) is 2. The number of aliphatic hydroxyl groups excluding tert-OH is 1. The maximum atomic E-state index is 11.3. The van der Waals surface area contributed by atoms with Crippen molar-refractivity contribution in [3.05, 3.63) is 0 Å². The number of carbonyl (C=O) groups is 3. The largest absolute Gasteiger partial charge is 0.481 e. The van der Waals surface area contributed by atoms with Crippen LogP contribution in [0.3, 0.4) is 0 Å². The van der Waals surface area contributed by atoms with Crippen molar-refractivity contribution in [1.29, 1.82) is 0 Å². The highest BCUT2D eigenvalue weighted by Gasteiger charge is 2.37. The van der Waals surface area contributed by atoms with Gasteiger partial charge in [-0.15, -0.1) is 0 Å². The van der Waals surface area contributed by atoms with Gasteiger partial charge in [-0.05, 0) is 54.1 Å². The lowest BCUT2D eigenvalue weighted by molar-refractivity contribution is -0.146. The van der Waals surface area contributed by atoms with Crippen LogP contribution in [0, 0.1) is 11.8 Å². The van der Waals surface area contributed by atoms with E-state index in [-0.39, 0.29) is 40.1 Å². The number of aliphatic hydroxyl groups is 1. The molecule has 2 amide bonds. The van der Waals surface area contributed by atoms with E-state index in [1.165, 1.54) is 4.90 Å². The zero-order valence-corrected chi connectivity index (χ0v) is 20.8. The van der Waals surface area contributed by atoms with Crippen molar-refractivity contribution in [3.63, 3.8) is 0 Å². The molecule has 9 nitrogen and oxygen atoms in total. The Balaban J connectivity index is 0. The highest BCUT2D eigenvalue weighted by molar-refractivity contribution is 7.97. The predicted octanol–water partition coefficient (Wildman–Crippen LogP) is 2.38. The third kappa shape index (κ3) is 13.4. The number of thioether (sulfide) groups is 1. The van der Waals surface area contributed by atoms with Gasteiger partial charge in [0.25, 0.3) is 0 Å². The van der Waals surface area contributed by atoms with Crippen LogP contribution in [-0.2, 0) is 14.3 Å². The molecular weight excluding hydrogens is 423 g/mol. The molecule has 0 aromatic heterocycles. The molecule has 2 fully saturated rings. The Labute approximate surface area is 192 Å². The monoisotopic (exact) mass is 461 g/mol. The van der Waals surface area contributed by atoms with Crippen LogP contribution < -0.4 is 0 Å². The quantitative estimate of drug-likeness (QED) is 0.603. The Morgan fingerprint density at radius 1 is 0.871 bits per heavy atom. The van der Waals surface area contributed by atoms with E-state index in [0.717, 1.165) is 0 Å². The molecule has 2 aliphatic rings. The first kappa shape index (κ1) is 31.6. The summed E-state index contributed by atoms with van der Waals surface area (Å²) in [6.07, 6.45) is 3.37. The minimum absolute atomic E-state index is 0. The Morgan fingerprint density at radius 2 is 1.19 bits per heavy atom. The van der Waals surface area contributed by atoms with Crippen molar-refractivity contribution >= 4 is 38.3 Å². The first-order chi connectivity index (χ1) is 13.6. The molecule has 0 aromatic carbocycles. The molecule has 31 heavy (non-hydrogen) atoms. The summed E-state index contributed by atoms with van der Waals surface area (Å²) in [6.45, 7) is 12.7. The van der Waals surface area contributed by atoms with Gasteiger partial charge in [-0.1, -0.05) is 0 Å². The normalized spacial score (nSPS) is 16.2. The van der Waals surface area contributed by atoms with Gasteiger partial charge in [0.2, 0.25) is 0 Å². The van der Waals surface area contributed by atoms with Gasteiger partial charge in [0.05, 0.1) is 5.92 Å². The molecule has 0 unspecified atom stereocenters. The minimum atomic E-state index is -0.857. The lowest BCUT2D eigenvalue weighted by Gasteiger charge is -2.38. The maximum Gasteiger partial charge on any atom is 0.410 e. The molecule has 3 radical (unpaired) electrons. The van der Waals surface area contributed by atoms with Crippen molar-refractivity contribution < 1.29 is 34.1 Å². The van der Waals surface area contributed by atoms with Gasteiger partial charge in [0.1, 0.15) is 11.2 Å². The van der Waals surface area contributed by atoms with E-state index in [4.69, 9.17) is 19.7 Å². The molecule has 0 aliphatic carbocycles. The fourth-order valence-corrected chi connectivity index (χ4v) is 2.27. The maximum absolute atomic E-state index is 11.3. The molecule has 0 bridgehead atoms. The van der Waals surface area contributed by atoms with E-state index < -0.39 is 29.2 Å². The van der Waals surface area contributed by atoms with Crippen molar-refractivity contribution in [3.8, 4) is 0 Å². The van der Waals surface area contributed by atoms with Crippen LogP contribution in [0.1, 0.15) is 41.5 Å². The summed E-state index contributed by atoms with van der Waals surface area (Å²) in [5.41, 5.74) is -0.952. The van der Waals surface area contributed by atoms with Gasteiger partial charge in [-0.3, -0.25) is 4.79 Å². The fourth-order valence-electron chi connectivity index (χ4n) is 2.27. The molecule has 2 rings (SSSR count). The fraction of sp³-hybridized carbons (Fsp3) is 0.850.